The first-order valence-electron chi connectivity index (χ1n) is 4.18. The van der Waals surface area contributed by atoms with Crippen molar-refractivity contribution < 1.29 is 0 Å². The van der Waals surface area contributed by atoms with Gasteiger partial charge in [0.1, 0.15) is 0 Å². The van der Waals surface area contributed by atoms with E-state index in [1.54, 1.807) is 0 Å². The Morgan fingerprint density at radius 3 is 2.17 bits per heavy atom. The van der Waals surface area contributed by atoms with Crippen molar-refractivity contribution in [3.63, 3.8) is 0 Å². The van der Waals surface area contributed by atoms with Crippen LogP contribution < -0.4 is 5.19 Å². The lowest BCUT2D eigenvalue weighted by atomic mass is 10.2. The quantitative estimate of drug-likeness (QED) is 0.609. The van der Waals surface area contributed by atoms with Crippen molar-refractivity contribution in [2.45, 2.75) is 26.6 Å². The third-order valence-corrected chi connectivity index (χ3v) is 4.46. The lowest BCUT2D eigenvalue weighted by molar-refractivity contribution is 1.48. The molecule has 66 valence electrons. The Kier molecular flexibility index (Phi) is 2.64. The Balaban J connectivity index is 3.19. The van der Waals surface area contributed by atoms with Crippen molar-refractivity contribution in [2.24, 2.45) is 0 Å². The molecule has 1 aromatic rings. The van der Waals surface area contributed by atoms with Crippen LogP contribution in [-0.4, -0.2) is 8.07 Å². The van der Waals surface area contributed by atoms with Gasteiger partial charge in [0.2, 0.25) is 0 Å². The van der Waals surface area contributed by atoms with Gasteiger partial charge in [0.05, 0.1) is 8.07 Å². The highest BCUT2D eigenvalue weighted by atomic mass is 35.5. The first-order chi connectivity index (χ1) is 5.41. The van der Waals surface area contributed by atoms with Gasteiger partial charge in [-0.15, -0.1) is 0 Å². The lowest BCUT2D eigenvalue weighted by Crippen LogP contribution is -2.38. The monoisotopic (exact) mass is 198 g/mol. The van der Waals surface area contributed by atoms with E-state index in [-0.39, 0.29) is 0 Å². The number of rotatable bonds is 1. The van der Waals surface area contributed by atoms with E-state index in [2.05, 4.69) is 44.8 Å². The first-order valence-corrected chi connectivity index (χ1v) is 8.05. The fraction of sp³-hybridized carbons (Fsp3) is 0.400. The average Bonchev–Trinajstić information content (AvgIpc) is 1.83. The molecule has 0 saturated heterocycles. The molecule has 0 amide bonds. The lowest BCUT2D eigenvalue weighted by Gasteiger charge is -2.18. The van der Waals surface area contributed by atoms with Gasteiger partial charge in [-0.2, -0.15) is 0 Å². The summed E-state index contributed by atoms with van der Waals surface area (Å²) in [7, 11) is -1.23. The highest BCUT2D eigenvalue weighted by Crippen LogP contribution is 2.13. The second-order valence-corrected chi connectivity index (χ2v) is 9.68. The largest absolute Gasteiger partial charge is 0.0845 e. The molecule has 0 N–H and O–H groups in total. The zero-order valence-corrected chi connectivity index (χ0v) is 9.87. The van der Waals surface area contributed by atoms with E-state index in [4.69, 9.17) is 11.6 Å². The van der Waals surface area contributed by atoms with Crippen molar-refractivity contribution in [1.29, 1.82) is 0 Å². The predicted molar refractivity (Wildman–Crippen MR) is 59.2 cm³/mol. The van der Waals surface area contributed by atoms with Crippen LogP contribution in [0.1, 0.15) is 5.56 Å². The third kappa shape index (κ3) is 2.11. The fourth-order valence-corrected chi connectivity index (χ4v) is 3.69. The minimum Gasteiger partial charge on any atom is -0.0845 e. The summed E-state index contributed by atoms with van der Waals surface area (Å²) in [5.74, 6) is 0. The predicted octanol–water partition coefficient (Wildman–Crippen LogP) is 3.19. The van der Waals surface area contributed by atoms with Gasteiger partial charge in [-0.3, -0.25) is 0 Å². The Labute approximate surface area is 80.6 Å². The Morgan fingerprint density at radius 1 is 1.17 bits per heavy atom. The van der Waals surface area contributed by atoms with Crippen LogP contribution in [0.2, 0.25) is 24.7 Å². The van der Waals surface area contributed by atoms with Gasteiger partial charge in [0, 0.05) is 5.02 Å². The molecule has 0 aromatic heterocycles. The molecule has 0 aliphatic rings. The molecule has 0 heterocycles. The van der Waals surface area contributed by atoms with E-state index < -0.39 is 8.07 Å². The molecule has 0 aliphatic heterocycles. The van der Waals surface area contributed by atoms with E-state index in [9.17, 15) is 0 Å². The maximum Gasteiger partial charge on any atom is 0.0795 e. The molecule has 0 spiro atoms. The minimum atomic E-state index is -1.23. The van der Waals surface area contributed by atoms with Crippen molar-refractivity contribution in [1.82, 2.24) is 0 Å². The average molecular weight is 199 g/mol. The van der Waals surface area contributed by atoms with E-state index >= 15 is 0 Å². The standard InChI is InChI=1S/C10H15ClSi/c1-8-5-6-10(9(11)7-8)12(2,3)4/h5-7H,1-4H3. The Hall–Kier alpha value is -0.273. The number of benzene rings is 1. The third-order valence-electron chi connectivity index (χ3n) is 1.93. The van der Waals surface area contributed by atoms with E-state index in [0.717, 1.165) is 5.02 Å². The van der Waals surface area contributed by atoms with Gasteiger partial charge in [-0.1, -0.05) is 43.4 Å². The number of hydrogen-bond acceptors (Lipinski definition) is 0. The molecular formula is C10H15ClSi. The maximum atomic E-state index is 6.15. The number of halogens is 1. The van der Waals surface area contributed by atoms with Crippen LogP contribution >= 0.6 is 11.6 Å². The van der Waals surface area contributed by atoms with Gasteiger partial charge in [-0.25, -0.2) is 0 Å². The van der Waals surface area contributed by atoms with Gasteiger partial charge in [0.25, 0.3) is 0 Å². The molecule has 1 aromatic carbocycles. The van der Waals surface area contributed by atoms with Gasteiger partial charge < -0.3 is 0 Å². The normalized spacial score (nSPS) is 11.8. The van der Waals surface area contributed by atoms with Crippen LogP contribution in [0.3, 0.4) is 0 Å². The molecule has 1 rings (SSSR count). The highest BCUT2D eigenvalue weighted by molar-refractivity contribution is 6.90. The van der Waals surface area contributed by atoms with Crippen molar-refractivity contribution >= 4 is 24.9 Å². The van der Waals surface area contributed by atoms with Crippen LogP contribution in [0.5, 0.6) is 0 Å². The molecular weight excluding hydrogens is 184 g/mol. The summed E-state index contributed by atoms with van der Waals surface area (Å²) in [6.45, 7) is 9.00. The summed E-state index contributed by atoms with van der Waals surface area (Å²) >= 11 is 6.15. The second-order valence-electron chi connectivity index (χ2n) is 4.23. The molecule has 0 fully saturated rings. The molecule has 0 nitrogen and oxygen atoms in total. The summed E-state index contributed by atoms with van der Waals surface area (Å²) in [6.07, 6.45) is 0. The Bertz CT molecular complexity index is 286. The second kappa shape index (κ2) is 3.23. The fourth-order valence-electron chi connectivity index (χ4n) is 1.23. The molecule has 0 radical (unpaired) electrons. The molecule has 0 saturated carbocycles. The van der Waals surface area contributed by atoms with Gasteiger partial charge in [0.15, 0.2) is 0 Å². The van der Waals surface area contributed by atoms with Crippen molar-refractivity contribution in [2.75, 3.05) is 0 Å². The van der Waals surface area contributed by atoms with E-state index in [1.165, 1.54) is 10.8 Å². The van der Waals surface area contributed by atoms with Gasteiger partial charge in [-0.05, 0) is 23.7 Å². The summed E-state index contributed by atoms with van der Waals surface area (Å²) in [5.41, 5.74) is 1.24. The van der Waals surface area contributed by atoms with Crippen molar-refractivity contribution in [3.05, 3.63) is 28.8 Å². The summed E-state index contributed by atoms with van der Waals surface area (Å²) in [4.78, 5) is 0. The first kappa shape index (κ1) is 9.81. The number of hydrogen-bond donors (Lipinski definition) is 0. The topological polar surface area (TPSA) is 0 Å². The zero-order valence-electron chi connectivity index (χ0n) is 8.11. The maximum absolute atomic E-state index is 6.15. The number of aryl methyl sites for hydroxylation is 1. The van der Waals surface area contributed by atoms with E-state index in [1.807, 2.05) is 0 Å². The molecule has 12 heavy (non-hydrogen) atoms. The smallest absolute Gasteiger partial charge is 0.0795 e. The molecule has 0 bridgehead atoms. The van der Waals surface area contributed by atoms with Crippen LogP contribution in [0.25, 0.3) is 0 Å². The molecule has 0 aliphatic carbocycles. The molecule has 0 unspecified atom stereocenters. The van der Waals surface area contributed by atoms with Crippen LogP contribution in [-0.2, 0) is 0 Å². The van der Waals surface area contributed by atoms with Gasteiger partial charge >= 0.3 is 0 Å². The minimum absolute atomic E-state index is 0.939. The van der Waals surface area contributed by atoms with Crippen molar-refractivity contribution in [3.8, 4) is 0 Å². The van der Waals surface area contributed by atoms with Crippen LogP contribution in [0.4, 0.5) is 0 Å². The van der Waals surface area contributed by atoms with Crippen LogP contribution in [0, 0.1) is 6.92 Å². The summed E-state index contributed by atoms with van der Waals surface area (Å²) < 4.78 is 0. The zero-order chi connectivity index (χ0) is 9.35. The molecule has 0 atom stereocenters. The summed E-state index contributed by atoms with van der Waals surface area (Å²) in [6, 6.07) is 6.36. The van der Waals surface area contributed by atoms with E-state index in [0.29, 0.717) is 0 Å². The van der Waals surface area contributed by atoms with Crippen LogP contribution in [0.15, 0.2) is 18.2 Å². The molecule has 2 heteroatoms. The Morgan fingerprint density at radius 2 is 1.75 bits per heavy atom. The highest BCUT2D eigenvalue weighted by Gasteiger charge is 2.18. The SMILES string of the molecule is Cc1ccc([Si](C)(C)C)c(Cl)c1. The summed E-state index contributed by atoms with van der Waals surface area (Å²) in [5, 5.41) is 2.30.